The second kappa shape index (κ2) is 5.75. The lowest BCUT2D eigenvalue weighted by Gasteiger charge is -2.00. The summed E-state index contributed by atoms with van der Waals surface area (Å²) in [6, 6.07) is 9.36. The Morgan fingerprint density at radius 2 is 1.87 bits per heavy atom. The van der Waals surface area contributed by atoms with Gasteiger partial charge in [0.25, 0.3) is 0 Å². The van der Waals surface area contributed by atoms with Gasteiger partial charge in [0, 0.05) is 6.08 Å². The zero-order valence-corrected chi connectivity index (χ0v) is 8.47. The standard InChI is InChI=1S/C12H12O3/c1-10(13)7-8-12(14)15-9-11-5-3-2-4-6-11/h2-8H,9H2,1H3. The number of carbonyl (C=O) groups is 2. The molecule has 1 aromatic carbocycles. The Hall–Kier alpha value is -1.90. The summed E-state index contributed by atoms with van der Waals surface area (Å²) in [5.74, 6) is -0.680. The highest BCUT2D eigenvalue weighted by Gasteiger charge is 1.98. The van der Waals surface area contributed by atoms with Crippen LogP contribution in [-0.2, 0) is 20.9 Å². The third-order valence-electron chi connectivity index (χ3n) is 1.68. The maximum Gasteiger partial charge on any atom is 0.331 e. The van der Waals surface area contributed by atoms with Gasteiger partial charge in [-0.1, -0.05) is 30.3 Å². The third kappa shape index (κ3) is 4.76. The molecule has 0 radical (unpaired) electrons. The van der Waals surface area contributed by atoms with E-state index in [9.17, 15) is 9.59 Å². The normalized spacial score (nSPS) is 10.2. The average molecular weight is 204 g/mol. The topological polar surface area (TPSA) is 43.4 Å². The van der Waals surface area contributed by atoms with Gasteiger partial charge in [-0.3, -0.25) is 4.79 Å². The largest absolute Gasteiger partial charge is 0.458 e. The fraction of sp³-hybridized carbons (Fsp3) is 0.167. The molecular formula is C12H12O3. The van der Waals surface area contributed by atoms with Crippen LogP contribution in [0.2, 0.25) is 0 Å². The first-order chi connectivity index (χ1) is 7.18. The molecule has 0 spiro atoms. The number of benzene rings is 1. The Bertz CT molecular complexity index is 366. The van der Waals surface area contributed by atoms with Crippen molar-refractivity contribution in [3.63, 3.8) is 0 Å². The molecule has 78 valence electrons. The predicted molar refractivity (Wildman–Crippen MR) is 56.1 cm³/mol. The van der Waals surface area contributed by atoms with Crippen LogP contribution >= 0.6 is 0 Å². The van der Waals surface area contributed by atoms with Gasteiger partial charge in [-0.15, -0.1) is 0 Å². The molecule has 15 heavy (non-hydrogen) atoms. The van der Waals surface area contributed by atoms with Crippen LogP contribution in [0, 0.1) is 0 Å². The molecule has 0 amide bonds. The van der Waals surface area contributed by atoms with E-state index in [0.717, 1.165) is 11.6 Å². The van der Waals surface area contributed by atoms with Gasteiger partial charge in [-0.05, 0) is 18.6 Å². The lowest BCUT2D eigenvalue weighted by molar-refractivity contribution is -0.139. The molecule has 3 heteroatoms. The molecule has 0 aliphatic rings. The Labute approximate surface area is 88.4 Å². The minimum absolute atomic E-state index is 0.174. The molecule has 0 unspecified atom stereocenters. The predicted octanol–water partition coefficient (Wildman–Crippen LogP) is 1.87. The van der Waals surface area contributed by atoms with Crippen molar-refractivity contribution in [1.82, 2.24) is 0 Å². The van der Waals surface area contributed by atoms with Crippen molar-refractivity contribution in [2.24, 2.45) is 0 Å². The van der Waals surface area contributed by atoms with Gasteiger partial charge >= 0.3 is 5.97 Å². The molecule has 0 bridgehead atoms. The molecule has 0 aliphatic heterocycles. The summed E-state index contributed by atoms with van der Waals surface area (Å²) in [5, 5.41) is 0. The monoisotopic (exact) mass is 204 g/mol. The molecule has 0 aromatic heterocycles. The molecule has 3 nitrogen and oxygen atoms in total. The van der Waals surface area contributed by atoms with Crippen molar-refractivity contribution >= 4 is 11.8 Å². The molecule has 0 atom stereocenters. The van der Waals surface area contributed by atoms with E-state index >= 15 is 0 Å². The average Bonchev–Trinajstić information content (AvgIpc) is 2.25. The summed E-state index contributed by atoms with van der Waals surface area (Å²) >= 11 is 0. The first kappa shape index (κ1) is 11.2. The van der Waals surface area contributed by atoms with E-state index < -0.39 is 5.97 Å². The second-order valence-corrected chi connectivity index (χ2v) is 3.04. The lowest BCUT2D eigenvalue weighted by atomic mass is 10.2. The summed E-state index contributed by atoms with van der Waals surface area (Å²) in [4.78, 5) is 21.6. The van der Waals surface area contributed by atoms with Gasteiger partial charge in [0.15, 0.2) is 5.78 Å². The summed E-state index contributed by atoms with van der Waals surface area (Å²) in [6.07, 6.45) is 2.32. The van der Waals surface area contributed by atoms with Crippen molar-refractivity contribution in [3.8, 4) is 0 Å². The first-order valence-corrected chi connectivity index (χ1v) is 4.58. The SMILES string of the molecule is CC(=O)C=CC(=O)OCc1ccccc1. The minimum Gasteiger partial charge on any atom is -0.458 e. The molecule has 0 saturated heterocycles. The fourth-order valence-electron chi connectivity index (χ4n) is 0.962. The minimum atomic E-state index is -0.506. The van der Waals surface area contributed by atoms with Crippen molar-refractivity contribution in [3.05, 3.63) is 48.0 Å². The number of ether oxygens (including phenoxy) is 1. The summed E-state index contributed by atoms with van der Waals surface area (Å²) in [5.41, 5.74) is 0.919. The van der Waals surface area contributed by atoms with Crippen LogP contribution in [0.4, 0.5) is 0 Å². The van der Waals surface area contributed by atoms with E-state index in [1.165, 1.54) is 13.0 Å². The summed E-state index contributed by atoms with van der Waals surface area (Å²) in [6.45, 7) is 1.60. The molecule has 1 aromatic rings. The van der Waals surface area contributed by atoms with Crippen LogP contribution in [0.1, 0.15) is 12.5 Å². The quantitative estimate of drug-likeness (QED) is 0.555. The summed E-state index contributed by atoms with van der Waals surface area (Å²) in [7, 11) is 0. The van der Waals surface area contributed by atoms with E-state index in [2.05, 4.69) is 0 Å². The van der Waals surface area contributed by atoms with Crippen LogP contribution in [0.3, 0.4) is 0 Å². The van der Waals surface area contributed by atoms with Gasteiger partial charge in [0.1, 0.15) is 6.61 Å². The molecule has 0 aliphatic carbocycles. The molecule has 0 heterocycles. The van der Waals surface area contributed by atoms with Gasteiger partial charge in [0.05, 0.1) is 0 Å². The van der Waals surface area contributed by atoms with E-state index in [1.807, 2.05) is 30.3 Å². The number of hydrogen-bond donors (Lipinski definition) is 0. The summed E-state index contributed by atoms with van der Waals surface area (Å²) < 4.78 is 4.90. The highest BCUT2D eigenvalue weighted by Crippen LogP contribution is 2.00. The van der Waals surface area contributed by atoms with Crippen molar-refractivity contribution < 1.29 is 14.3 Å². The van der Waals surface area contributed by atoms with Crippen LogP contribution in [-0.4, -0.2) is 11.8 Å². The molecular weight excluding hydrogens is 192 g/mol. The van der Waals surface area contributed by atoms with Crippen molar-refractivity contribution in [1.29, 1.82) is 0 Å². The highest BCUT2D eigenvalue weighted by molar-refractivity contribution is 5.94. The number of ketones is 1. The van der Waals surface area contributed by atoms with Gasteiger partial charge in [0.2, 0.25) is 0 Å². The first-order valence-electron chi connectivity index (χ1n) is 4.58. The van der Waals surface area contributed by atoms with E-state index in [0.29, 0.717) is 0 Å². The Morgan fingerprint density at radius 1 is 1.20 bits per heavy atom. The van der Waals surface area contributed by atoms with Crippen LogP contribution in [0.25, 0.3) is 0 Å². The zero-order chi connectivity index (χ0) is 11.1. The highest BCUT2D eigenvalue weighted by atomic mass is 16.5. The Kier molecular flexibility index (Phi) is 4.29. The number of carbonyl (C=O) groups excluding carboxylic acids is 2. The maximum absolute atomic E-state index is 11.1. The third-order valence-corrected chi connectivity index (χ3v) is 1.68. The Balaban J connectivity index is 2.38. The maximum atomic E-state index is 11.1. The van der Waals surface area contributed by atoms with Crippen LogP contribution in [0.15, 0.2) is 42.5 Å². The van der Waals surface area contributed by atoms with E-state index in [4.69, 9.17) is 4.74 Å². The molecule has 0 fully saturated rings. The molecule has 1 rings (SSSR count). The van der Waals surface area contributed by atoms with E-state index in [1.54, 1.807) is 0 Å². The van der Waals surface area contributed by atoms with Crippen molar-refractivity contribution in [2.45, 2.75) is 13.5 Å². The van der Waals surface area contributed by atoms with Gasteiger partial charge in [-0.2, -0.15) is 0 Å². The van der Waals surface area contributed by atoms with Crippen LogP contribution in [0.5, 0.6) is 0 Å². The number of esters is 1. The zero-order valence-electron chi connectivity index (χ0n) is 8.47. The van der Waals surface area contributed by atoms with Gasteiger partial charge in [-0.25, -0.2) is 4.79 Å². The van der Waals surface area contributed by atoms with Gasteiger partial charge < -0.3 is 4.74 Å². The molecule has 0 saturated carbocycles. The lowest BCUT2D eigenvalue weighted by Crippen LogP contribution is -2.01. The number of hydrogen-bond acceptors (Lipinski definition) is 3. The Morgan fingerprint density at radius 3 is 2.47 bits per heavy atom. The number of allylic oxidation sites excluding steroid dienone is 1. The molecule has 0 N–H and O–H groups in total. The van der Waals surface area contributed by atoms with Crippen molar-refractivity contribution in [2.75, 3.05) is 0 Å². The second-order valence-electron chi connectivity index (χ2n) is 3.04. The van der Waals surface area contributed by atoms with E-state index in [-0.39, 0.29) is 12.4 Å². The fourth-order valence-corrected chi connectivity index (χ4v) is 0.962. The van der Waals surface area contributed by atoms with Crippen LogP contribution < -0.4 is 0 Å². The number of rotatable bonds is 4. The smallest absolute Gasteiger partial charge is 0.331 e.